The lowest BCUT2D eigenvalue weighted by Gasteiger charge is -2.26. The average molecular weight is 804 g/mol. The zero-order chi connectivity index (χ0) is 41.7. The summed E-state index contributed by atoms with van der Waals surface area (Å²) in [5, 5.41) is 4.97. The fourth-order valence-electron chi connectivity index (χ4n) is 9.50. The smallest absolute Gasteiger partial charge is 0.0542 e. The number of hydrogen-bond acceptors (Lipinski definition) is 1. The lowest BCUT2D eigenvalue weighted by Crippen LogP contribution is -2.10. The van der Waals surface area contributed by atoms with Crippen LogP contribution in [0, 0.1) is 0 Å². The van der Waals surface area contributed by atoms with Crippen LogP contribution in [0.1, 0.15) is 0 Å². The van der Waals surface area contributed by atoms with Crippen molar-refractivity contribution in [2.75, 3.05) is 4.90 Å². The molecule has 0 unspecified atom stereocenters. The lowest BCUT2D eigenvalue weighted by molar-refractivity contribution is 1.18. The molecule has 12 aromatic rings. The Balaban J connectivity index is 0.906. The summed E-state index contributed by atoms with van der Waals surface area (Å²) in [6.45, 7) is 0. The van der Waals surface area contributed by atoms with E-state index >= 15 is 0 Å². The van der Waals surface area contributed by atoms with Gasteiger partial charge in [-0.3, -0.25) is 0 Å². The zero-order valence-electron chi connectivity index (χ0n) is 34.5. The van der Waals surface area contributed by atoms with Crippen molar-refractivity contribution >= 4 is 60.7 Å². The number of benzene rings is 10. The molecule has 3 heteroatoms. The third kappa shape index (κ3) is 6.38. The molecule has 3 nitrogen and oxygen atoms in total. The molecule has 0 radical (unpaired) electrons. The maximum atomic E-state index is 2.38. The van der Waals surface area contributed by atoms with Gasteiger partial charge in [0, 0.05) is 50.0 Å². The van der Waals surface area contributed by atoms with Crippen LogP contribution in [0.3, 0.4) is 0 Å². The van der Waals surface area contributed by atoms with Crippen molar-refractivity contribution in [2.24, 2.45) is 0 Å². The van der Waals surface area contributed by atoms with Crippen LogP contribution in [-0.2, 0) is 0 Å². The molecule has 296 valence electrons. The summed E-state index contributed by atoms with van der Waals surface area (Å²) in [5.74, 6) is 0. The second kappa shape index (κ2) is 15.3. The van der Waals surface area contributed by atoms with E-state index in [0.717, 1.165) is 22.7 Å². The van der Waals surface area contributed by atoms with E-state index in [2.05, 4.69) is 263 Å². The van der Waals surface area contributed by atoms with Gasteiger partial charge >= 0.3 is 0 Å². The van der Waals surface area contributed by atoms with E-state index in [4.69, 9.17) is 0 Å². The van der Waals surface area contributed by atoms with Crippen LogP contribution in [0.2, 0.25) is 0 Å². The van der Waals surface area contributed by atoms with Gasteiger partial charge in [0.05, 0.1) is 22.1 Å². The van der Waals surface area contributed by atoms with Crippen molar-refractivity contribution in [1.82, 2.24) is 9.13 Å². The third-order valence-electron chi connectivity index (χ3n) is 12.5. The minimum absolute atomic E-state index is 1.09. The summed E-state index contributed by atoms with van der Waals surface area (Å²) in [6.07, 6.45) is 0. The normalized spacial score (nSPS) is 11.5. The number of rotatable bonds is 8. The van der Waals surface area contributed by atoms with Gasteiger partial charge in [0.25, 0.3) is 0 Å². The Kier molecular flexibility index (Phi) is 8.83. The van der Waals surface area contributed by atoms with Crippen molar-refractivity contribution in [3.63, 3.8) is 0 Å². The molecule has 2 aromatic heterocycles. The first-order valence-corrected chi connectivity index (χ1v) is 21.6. The monoisotopic (exact) mass is 803 g/mol. The van der Waals surface area contributed by atoms with Crippen LogP contribution in [0.5, 0.6) is 0 Å². The van der Waals surface area contributed by atoms with Crippen molar-refractivity contribution in [2.45, 2.75) is 0 Å². The first-order chi connectivity index (χ1) is 31.2. The van der Waals surface area contributed by atoms with E-state index in [-0.39, 0.29) is 0 Å². The summed E-state index contributed by atoms with van der Waals surface area (Å²) in [7, 11) is 0. The van der Waals surface area contributed by atoms with E-state index in [0.29, 0.717) is 0 Å². The first-order valence-electron chi connectivity index (χ1n) is 21.6. The van der Waals surface area contributed by atoms with Crippen LogP contribution in [0.15, 0.2) is 249 Å². The van der Waals surface area contributed by atoms with E-state index in [1.807, 2.05) is 0 Å². The van der Waals surface area contributed by atoms with Gasteiger partial charge in [-0.25, -0.2) is 0 Å². The summed E-state index contributed by atoms with van der Waals surface area (Å²) < 4.78 is 4.74. The first kappa shape index (κ1) is 36.5. The number of para-hydroxylation sites is 4. The molecule has 0 saturated heterocycles. The molecule has 63 heavy (non-hydrogen) atoms. The minimum atomic E-state index is 1.09. The van der Waals surface area contributed by atoms with Gasteiger partial charge in [-0.05, 0) is 124 Å². The summed E-state index contributed by atoms with van der Waals surface area (Å²) >= 11 is 0. The maximum Gasteiger partial charge on any atom is 0.0542 e. The van der Waals surface area contributed by atoms with Crippen molar-refractivity contribution < 1.29 is 0 Å². The summed E-state index contributed by atoms with van der Waals surface area (Å²) in [4.78, 5) is 2.38. The van der Waals surface area contributed by atoms with Crippen molar-refractivity contribution in [1.29, 1.82) is 0 Å². The van der Waals surface area contributed by atoms with Crippen LogP contribution < -0.4 is 4.90 Å². The van der Waals surface area contributed by atoms with Gasteiger partial charge < -0.3 is 14.0 Å². The van der Waals surface area contributed by atoms with E-state index < -0.39 is 0 Å². The second-order valence-corrected chi connectivity index (χ2v) is 16.2. The molecule has 10 aromatic carbocycles. The van der Waals surface area contributed by atoms with Crippen LogP contribution >= 0.6 is 0 Å². The average Bonchev–Trinajstić information content (AvgIpc) is 3.88. The van der Waals surface area contributed by atoms with Gasteiger partial charge in [-0.1, -0.05) is 158 Å². The van der Waals surface area contributed by atoms with Crippen LogP contribution in [-0.4, -0.2) is 9.13 Å². The highest BCUT2D eigenvalue weighted by Gasteiger charge is 2.18. The predicted molar refractivity (Wildman–Crippen MR) is 266 cm³/mol. The largest absolute Gasteiger partial charge is 0.310 e. The molecule has 2 heterocycles. The standard InChI is InChI=1S/C60H41N3/c1-4-14-42(15-5-1)44-28-33-50(34-29-44)61(52-37-39-60-56(41-52)54-21-11-13-23-58(54)63(60)49-18-8-3-9-19-49)51-35-30-45(31-36-51)43-24-26-46(27-25-43)47-32-38-59-55(40-47)53-20-10-12-22-57(53)62(59)48-16-6-2-7-17-48/h1-41H. The van der Waals surface area contributed by atoms with Gasteiger partial charge in [0.15, 0.2) is 0 Å². The van der Waals surface area contributed by atoms with Gasteiger partial charge in [-0.15, -0.1) is 0 Å². The molecule has 0 aliphatic carbocycles. The highest BCUT2D eigenvalue weighted by molar-refractivity contribution is 6.11. The molecule has 12 rings (SSSR count). The Hall–Kier alpha value is -8.40. The molecule has 0 amide bonds. The topological polar surface area (TPSA) is 13.1 Å². The van der Waals surface area contributed by atoms with Gasteiger partial charge in [-0.2, -0.15) is 0 Å². The van der Waals surface area contributed by atoms with E-state index in [9.17, 15) is 0 Å². The molecule has 0 bridgehead atoms. The molecular weight excluding hydrogens is 763 g/mol. The second-order valence-electron chi connectivity index (χ2n) is 16.2. The van der Waals surface area contributed by atoms with Crippen LogP contribution in [0.25, 0.3) is 88.4 Å². The minimum Gasteiger partial charge on any atom is -0.310 e. The summed E-state index contributed by atoms with van der Waals surface area (Å²) in [6, 6.07) is 90.0. The molecule has 0 aliphatic heterocycles. The Morgan fingerprint density at radius 1 is 0.222 bits per heavy atom. The van der Waals surface area contributed by atoms with Crippen molar-refractivity contribution in [3.8, 4) is 44.8 Å². The molecule has 0 atom stereocenters. The number of aromatic nitrogens is 2. The van der Waals surface area contributed by atoms with Gasteiger partial charge in [0.2, 0.25) is 0 Å². The summed E-state index contributed by atoms with van der Waals surface area (Å²) in [5.41, 5.74) is 17.6. The third-order valence-corrected chi connectivity index (χ3v) is 12.5. The number of hydrogen-bond donors (Lipinski definition) is 0. The lowest BCUT2D eigenvalue weighted by atomic mass is 9.98. The number of fused-ring (bicyclic) bond motifs is 6. The molecular formula is C60H41N3. The SMILES string of the molecule is c1ccc(-c2ccc(N(c3ccc(-c4ccc(-c5ccc6c(c5)c5ccccc5n6-c5ccccc5)cc4)cc3)c3ccc4c(c3)c3ccccc3n4-c3ccccc3)cc2)cc1. The van der Waals surface area contributed by atoms with Crippen LogP contribution in [0.4, 0.5) is 17.1 Å². The maximum absolute atomic E-state index is 2.38. The number of nitrogens with zero attached hydrogens (tertiary/aromatic N) is 3. The zero-order valence-corrected chi connectivity index (χ0v) is 34.5. The van der Waals surface area contributed by atoms with Crippen molar-refractivity contribution in [3.05, 3.63) is 249 Å². The Labute approximate surface area is 366 Å². The number of anilines is 3. The molecule has 0 spiro atoms. The Bertz CT molecular complexity index is 3570. The molecule has 0 aliphatic rings. The fraction of sp³-hybridized carbons (Fsp3) is 0. The fourth-order valence-corrected chi connectivity index (χ4v) is 9.50. The molecule has 0 fully saturated rings. The highest BCUT2D eigenvalue weighted by Crippen LogP contribution is 2.41. The molecule has 0 saturated carbocycles. The Morgan fingerprint density at radius 2 is 0.556 bits per heavy atom. The Morgan fingerprint density at radius 3 is 1.06 bits per heavy atom. The predicted octanol–water partition coefficient (Wildman–Crippen LogP) is 16.4. The quantitative estimate of drug-likeness (QED) is 0.149. The van der Waals surface area contributed by atoms with Gasteiger partial charge in [0.1, 0.15) is 0 Å². The van der Waals surface area contributed by atoms with E-state index in [1.165, 1.54) is 82.7 Å². The highest BCUT2D eigenvalue weighted by atomic mass is 15.1. The van der Waals surface area contributed by atoms with E-state index in [1.54, 1.807) is 0 Å². The molecule has 0 N–H and O–H groups in total.